The van der Waals surface area contributed by atoms with Gasteiger partial charge in [-0.1, -0.05) is 30.3 Å². The first kappa shape index (κ1) is 20.6. The number of hydrogen-bond donors (Lipinski definition) is 4. The van der Waals surface area contributed by atoms with Crippen molar-refractivity contribution < 1.29 is 34.6 Å². The summed E-state index contributed by atoms with van der Waals surface area (Å²) in [6.07, 6.45) is -7.13. The smallest absolute Gasteiger partial charge is 0.229 e. The summed E-state index contributed by atoms with van der Waals surface area (Å²) in [5, 5.41) is 40.1. The molecule has 1 saturated heterocycles. The van der Waals surface area contributed by atoms with Crippen molar-refractivity contribution in [2.45, 2.75) is 50.2 Å². The first-order valence-corrected chi connectivity index (χ1v) is 9.16. The summed E-state index contributed by atoms with van der Waals surface area (Å²) < 4.78 is 16.5. The van der Waals surface area contributed by atoms with Crippen LogP contribution in [-0.2, 0) is 11.2 Å². The van der Waals surface area contributed by atoms with Crippen LogP contribution in [0.3, 0.4) is 0 Å². The van der Waals surface area contributed by atoms with Crippen LogP contribution >= 0.6 is 0 Å². The summed E-state index contributed by atoms with van der Waals surface area (Å²) in [5.41, 5.74) is 1.90. The molecule has 0 radical (unpaired) electrons. The molecule has 0 aliphatic carbocycles. The lowest BCUT2D eigenvalue weighted by Gasteiger charge is -2.41. The Bertz CT molecular complexity index is 762. The maximum absolute atomic E-state index is 10.3. The lowest BCUT2D eigenvalue weighted by Crippen LogP contribution is -2.61. The van der Waals surface area contributed by atoms with Crippen molar-refractivity contribution in [2.24, 2.45) is 0 Å². The van der Waals surface area contributed by atoms with E-state index in [1.165, 1.54) is 6.92 Å². The van der Waals surface area contributed by atoms with Gasteiger partial charge in [0.1, 0.15) is 35.9 Å². The highest BCUT2D eigenvalue weighted by atomic mass is 16.7. The third-order valence-corrected chi connectivity index (χ3v) is 4.85. The molecule has 7 nitrogen and oxygen atoms in total. The highest BCUT2D eigenvalue weighted by Crippen LogP contribution is 2.29. The summed E-state index contributed by atoms with van der Waals surface area (Å²) in [6.45, 7) is 1.44. The molecule has 0 spiro atoms. The van der Waals surface area contributed by atoms with Gasteiger partial charge < -0.3 is 34.6 Å². The molecule has 1 heterocycles. The predicted octanol–water partition coefficient (Wildman–Crippen LogP) is 0.853. The van der Waals surface area contributed by atoms with Crippen LogP contribution in [0.5, 0.6) is 11.5 Å². The lowest BCUT2D eigenvalue weighted by atomic mass is 9.96. The predicted molar refractivity (Wildman–Crippen MR) is 101 cm³/mol. The number of aliphatic hydroxyl groups is 4. The van der Waals surface area contributed by atoms with Gasteiger partial charge in [0.25, 0.3) is 0 Å². The van der Waals surface area contributed by atoms with Gasteiger partial charge in [-0.15, -0.1) is 0 Å². The molecule has 28 heavy (non-hydrogen) atoms. The van der Waals surface area contributed by atoms with E-state index in [4.69, 9.17) is 14.2 Å². The molecule has 6 atom stereocenters. The second-order valence-electron chi connectivity index (χ2n) is 6.93. The molecule has 0 saturated carbocycles. The van der Waals surface area contributed by atoms with E-state index < -0.39 is 36.8 Å². The standard InChI is InChI=1S/C21H26O7/c1-12(22)20-18(24)17(23)19(25)21(28-20)27-16-6-4-3-5-14(16)11-13-7-9-15(26-2)10-8-13/h3-10,12,17-25H,11H2,1-2H3/t12-,17-,18-,19+,20+,21+/m0/s1. The Morgan fingerprint density at radius 1 is 0.964 bits per heavy atom. The van der Waals surface area contributed by atoms with Gasteiger partial charge in [0.05, 0.1) is 13.2 Å². The molecule has 0 unspecified atom stereocenters. The van der Waals surface area contributed by atoms with E-state index in [-0.39, 0.29) is 0 Å². The third kappa shape index (κ3) is 4.45. The van der Waals surface area contributed by atoms with Crippen LogP contribution in [0, 0.1) is 0 Å². The molecule has 0 aromatic heterocycles. The van der Waals surface area contributed by atoms with Crippen molar-refractivity contribution in [3.05, 3.63) is 59.7 Å². The summed E-state index contributed by atoms with van der Waals surface area (Å²) in [5.74, 6) is 1.25. The molecule has 7 heteroatoms. The molecular weight excluding hydrogens is 364 g/mol. The van der Waals surface area contributed by atoms with E-state index in [1.807, 2.05) is 36.4 Å². The Labute approximate surface area is 163 Å². The average Bonchev–Trinajstić information content (AvgIpc) is 2.70. The van der Waals surface area contributed by atoms with Crippen molar-refractivity contribution in [2.75, 3.05) is 7.11 Å². The Balaban J connectivity index is 1.78. The summed E-state index contributed by atoms with van der Waals surface area (Å²) in [4.78, 5) is 0. The SMILES string of the molecule is COc1ccc(Cc2ccccc2O[C@@H]2O[C@H]([C@H](C)O)[C@@H](O)[C@H](O)[C@H]2O)cc1. The molecule has 0 amide bonds. The number of aliphatic hydroxyl groups excluding tert-OH is 4. The van der Waals surface area contributed by atoms with Crippen LogP contribution in [0.15, 0.2) is 48.5 Å². The normalized spacial score (nSPS) is 28.6. The van der Waals surface area contributed by atoms with Gasteiger partial charge >= 0.3 is 0 Å². The van der Waals surface area contributed by atoms with Crippen molar-refractivity contribution >= 4 is 0 Å². The Hall–Kier alpha value is -2.16. The molecule has 2 aromatic rings. The van der Waals surface area contributed by atoms with E-state index in [1.54, 1.807) is 19.2 Å². The second-order valence-corrected chi connectivity index (χ2v) is 6.93. The molecule has 3 rings (SSSR count). The van der Waals surface area contributed by atoms with E-state index in [0.717, 1.165) is 16.9 Å². The van der Waals surface area contributed by atoms with Crippen LogP contribution in [0.1, 0.15) is 18.1 Å². The topological polar surface area (TPSA) is 109 Å². The van der Waals surface area contributed by atoms with Gasteiger partial charge in [-0.3, -0.25) is 0 Å². The first-order chi connectivity index (χ1) is 13.4. The minimum atomic E-state index is -1.49. The van der Waals surface area contributed by atoms with Gasteiger partial charge in [0, 0.05) is 6.42 Å². The zero-order chi connectivity index (χ0) is 20.3. The maximum Gasteiger partial charge on any atom is 0.229 e. The fourth-order valence-corrected chi connectivity index (χ4v) is 3.22. The van der Waals surface area contributed by atoms with Crippen molar-refractivity contribution in [3.8, 4) is 11.5 Å². The van der Waals surface area contributed by atoms with Crippen molar-refractivity contribution in [1.29, 1.82) is 0 Å². The Kier molecular flexibility index (Phi) is 6.53. The molecule has 1 aliphatic heterocycles. The zero-order valence-electron chi connectivity index (χ0n) is 15.8. The third-order valence-electron chi connectivity index (χ3n) is 4.85. The van der Waals surface area contributed by atoms with Gasteiger partial charge in [0.2, 0.25) is 6.29 Å². The first-order valence-electron chi connectivity index (χ1n) is 9.16. The minimum Gasteiger partial charge on any atom is -0.497 e. The summed E-state index contributed by atoms with van der Waals surface area (Å²) >= 11 is 0. The molecule has 152 valence electrons. The van der Waals surface area contributed by atoms with Crippen LogP contribution in [-0.4, -0.2) is 64.3 Å². The Morgan fingerprint density at radius 3 is 2.29 bits per heavy atom. The van der Waals surface area contributed by atoms with Gasteiger partial charge in [-0.2, -0.15) is 0 Å². The van der Waals surface area contributed by atoms with E-state index in [9.17, 15) is 20.4 Å². The van der Waals surface area contributed by atoms with Gasteiger partial charge in [-0.05, 0) is 36.2 Å². The van der Waals surface area contributed by atoms with Gasteiger partial charge in [-0.25, -0.2) is 0 Å². The zero-order valence-corrected chi connectivity index (χ0v) is 15.8. The summed E-state index contributed by atoms with van der Waals surface area (Å²) in [7, 11) is 1.61. The number of ether oxygens (including phenoxy) is 3. The number of rotatable bonds is 6. The highest BCUT2D eigenvalue weighted by Gasteiger charge is 2.46. The van der Waals surface area contributed by atoms with Gasteiger partial charge in [0.15, 0.2) is 0 Å². The van der Waals surface area contributed by atoms with Crippen LogP contribution in [0.2, 0.25) is 0 Å². The molecule has 1 aliphatic rings. The molecule has 2 aromatic carbocycles. The molecule has 0 bridgehead atoms. The van der Waals surface area contributed by atoms with E-state index in [2.05, 4.69) is 0 Å². The molecular formula is C21H26O7. The lowest BCUT2D eigenvalue weighted by molar-refractivity contribution is -0.286. The number of hydrogen-bond acceptors (Lipinski definition) is 7. The second kappa shape index (κ2) is 8.89. The monoisotopic (exact) mass is 390 g/mol. The Morgan fingerprint density at radius 2 is 1.64 bits per heavy atom. The van der Waals surface area contributed by atoms with Crippen molar-refractivity contribution in [3.63, 3.8) is 0 Å². The number of para-hydroxylation sites is 1. The van der Waals surface area contributed by atoms with E-state index in [0.29, 0.717) is 12.2 Å². The van der Waals surface area contributed by atoms with Crippen molar-refractivity contribution in [1.82, 2.24) is 0 Å². The van der Waals surface area contributed by atoms with Crippen LogP contribution in [0.4, 0.5) is 0 Å². The fourth-order valence-electron chi connectivity index (χ4n) is 3.22. The highest BCUT2D eigenvalue weighted by molar-refractivity contribution is 5.39. The fraction of sp³-hybridized carbons (Fsp3) is 0.429. The number of methoxy groups -OCH3 is 1. The number of benzene rings is 2. The molecule has 1 fully saturated rings. The maximum atomic E-state index is 10.3. The van der Waals surface area contributed by atoms with Crippen LogP contribution < -0.4 is 9.47 Å². The van der Waals surface area contributed by atoms with Crippen LogP contribution in [0.25, 0.3) is 0 Å². The minimum absolute atomic E-state index is 0.482. The largest absolute Gasteiger partial charge is 0.497 e. The summed E-state index contributed by atoms with van der Waals surface area (Å²) in [6, 6.07) is 14.9. The quantitative estimate of drug-likeness (QED) is 0.579. The average molecular weight is 390 g/mol. The molecule has 4 N–H and O–H groups in total. The van der Waals surface area contributed by atoms with E-state index >= 15 is 0 Å².